The second-order valence-corrected chi connectivity index (χ2v) is 12.0. The number of halogens is 2. The van der Waals surface area contributed by atoms with E-state index in [-0.39, 0.29) is 30.8 Å². The average Bonchev–Trinajstić information content (AvgIpc) is 3.17. The van der Waals surface area contributed by atoms with Crippen LogP contribution in [0.3, 0.4) is 0 Å². The molecule has 0 radical (unpaired) electrons. The van der Waals surface area contributed by atoms with Crippen LogP contribution in [0.25, 0.3) is 0 Å². The first-order valence-corrected chi connectivity index (χ1v) is 13.0. The number of β-amino-alcohol motifs (C(OH)–C–C–N with tert-alkyl or cyclic N) is 1. The standard InChI is InChI=1S/C25H31Cl2N5O3/c1-25(2,3)22(32-12-20(29-30-32)13-4-5-13)24(35)31-11-15(33)10-21(31)23(34)28-19-7-6-16-17(19)8-14(26)9-18(16)27/h8-9,12-13,15,19,21-22,33H,4-7,10-11H2,1-3H3,(H,28,34)/t15?,19?,21?,22-/m1/s1. The molecule has 2 amide bonds. The SMILES string of the molecule is CC(C)(C)[C@@H](C(=O)N1CC(O)CC1C(=O)NC1CCc2c(Cl)cc(Cl)cc21)n1cc(C2CC2)nn1. The molecule has 1 saturated carbocycles. The summed E-state index contributed by atoms with van der Waals surface area (Å²) in [4.78, 5) is 28.8. The quantitative estimate of drug-likeness (QED) is 0.625. The third kappa shape index (κ3) is 4.80. The molecule has 0 spiro atoms. The molecule has 1 aliphatic heterocycles. The summed E-state index contributed by atoms with van der Waals surface area (Å²) in [5.41, 5.74) is 2.33. The first kappa shape index (κ1) is 24.5. The Labute approximate surface area is 215 Å². The summed E-state index contributed by atoms with van der Waals surface area (Å²) < 4.78 is 1.63. The lowest BCUT2D eigenvalue weighted by Gasteiger charge is -2.34. The molecule has 3 aliphatic rings. The summed E-state index contributed by atoms with van der Waals surface area (Å²) in [5.74, 6) is -0.101. The number of likely N-dealkylation sites (tertiary alicyclic amines) is 1. The monoisotopic (exact) mass is 519 g/mol. The minimum atomic E-state index is -0.771. The van der Waals surface area contributed by atoms with Gasteiger partial charge in [0.2, 0.25) is 11.8 Å². The van der Waals surface area contributed by atoms with Crippen molar-refractivity contribution in [1.29, 1.82) is 0 Å². The Bertz CT molecular complexity index is 1160. The second kappa shape index (κ2) is 9.05. The molecule has 2 aliphatic carbocycles. The largest absolute Gasteiger partial charge is 0.391 e. The Morgan fingerprint density at radius 1 is 1.20 bits per heavy atom. The smallest absolute Gasteiger partial charge is 0.248 e. The van der Waals surface area contributed by atoms with Gasteiger partial charge in [-0.1, -0.05) is 49.2 Å². The van der Waals surface area contributed by atoms with Crippen LogP contribution in [0.4, 0.5) is 0 Å². The summed E-state index contributed by atoms with van der Waals surface area (Å²) >= 11 is 12.6. The van der Waals surface area contributed by atoms with E-state index in [0.29, 0.717) is 22.4 Å². The normalized spacial score (nSPS) is 25.0. The number of benzene rings is 1. The minimum absolute atomic E-state index is 0.104. The maximum atomic E-state index is 13.9. The van der Waals surface area contributed by atoms with Gasteiger partial charge in [-0.3, -0.25) is 9.59 Å². The number of fused-ring (bicyclic) bond motifs is 1. The zero-order chi connectivity index (χ0) is 25.1. The molecule has 188 valence electrons. The van der Waals surface area contributed by atoms with Crippen LogP contribution in [0, 0.1) is 5.41 Å². The van der Waals surface area contributed by atoms with Crippen molar-refractivity contribution in [3.8, 4) is 0 Å². The molecule has 2 aromatic rings. The number of hydrogen-bond acceptors (Lipinski definition) is 5. The highest BCUT2D eigenvalue weighted by molar-refractivity contribution is 6.35. The van der Waals surface area contributed by atoms with Gasteiger partial charge in [0, 0.05) is 35.1 Å². The molecular weight excluding hydrogens is 489 g/mol. The van der Waals surface area contributed by atoms with Crippen molar-refractivity contribution < 1.29 is 14.7 Å². The number of nitrogens with zero attached hydrogens (tertiary/aromatic N) is 4. The maximum absolute atomic E-state index is 13.9. The molecule has 2 fully saturated rings. The topological polar surface area (TPSA) is 100 Å². The van der Waals surface area contributed by atoms with E-state index >= 15 is 0 Å². The first-order chi connectivity index (χ1) is 16.5. The van der Waals surface area contributed by atoms with Crippen molar-refractivity contribution in [2.24, 2.45) is 5.41 Å². The van der Waals surface area contributed by atoms with Crippen LogP contribution in [-0.2, 0) is 16.0 Å². The first-order valence-electron chi connectivity index (χ1n) is 12.2. The lowest BCUT2D eigenvalue weighted by molar-refractivity contribution is -0.144. The zero-order valence-corrected chi connectivity index (χ0v) is 21.7. The number of aliphatic hydroxyl groups excluding tert-OH is 1. The number of hydrogen-bond donors (Lipinski definition) is 2. The van der Waals surface area contributed by atoms with Gasteiger partial charge in [-0.25, -0.2) is 4.68 Å². The molecule has 5 rings (SSSR count). The van der Waals surface area contributed by atoms with Gasteiger partial charge >= 0.3 is 0 Å². The Morgan fingerprint density at radius 3 is 2.63 bits per heavy atom. The Morgan fingerprint density at radius 2 is 1.94 bits per heavy atom. The second-order valence-electron chi connectivity index (χ2n) is 11.1. The molecule has 8 nitrogen and oxygen atoms in total. The van der Waals surface area contributed by atoms with Crippen molar-refractivity contribution in [3.05, 3.63) is 45.2 Å². The summed E-state index contributed by atoms with van der Waals surface area (Å²) in [6.45, 7) is 6.02. The predicted octanol–water partition coefficient (Wildman–Crippen LogP) is 3.82. The number of carbonyl (C=O) groups excluding carboxylic acids is 2. The van der Waals surface area contributed by atoms with Crippen LogP contribution in [0.5, 0.6) is 0 Å². The van der Waals surface area contributed by atoms with Gasteiger partial charge in [0.1, 0.15) is 12.1 Å². The zero-order valence-electron chi connectivity index (χ0n) is 20.2. The molecule has 35 heavy (non-hydrogen) atoms. The van der Waals surface area contributed by atoms with Gasteiger partial charge in [-0.05, 0) is 54.4 Å². The van der Waals surface area contributed by atoms with Crippen molar-refractivity contribution in [2.45, 2.75) is 83.0 Å². The van der Waals surface area contributed by atoms with Crippen LogP contribution < -0.4 is 5.32 Å². The van der Waals surface area contributed by atoms with Crippen LogP contribution in [0.15, 0.2) is 18.3 Å². The summed E-state index contributed by atoms with van der Waals surface area (Å²) in [7, 11) is 0. The molecule has 3 unspecified atom stereocenters. The fourth-order valence-corrected chi connectivity index (χ4v) is 5.99. The number of amides is 2. The van der Waals surface area contributed by atoms with E-state index in [0.717, 1.165) is 36.1 Å². The highest BCUT2D eigenvalue weighted by atomic mass is 35.5. The number of carbonyl (C=O) groups is 2. The minimum Gasteiger partial charge on any atom is -0.391 e. The summed E-state index contributed by atoms with van der Waals surface area (Å²) in [6, 6.07) is 1.90. The number of rotatable bonds is 5. The molecule has 1 aromatic carbocycles. The fourth-order valence-electron chi connectivity index (χ4n) is 5.39. The molecule has 2 N–H and O–H groups in total. The van der Waals surface area contributed by atoms with Gasteiger partial charge in [0.05, 0.1) is 17.8 Å². The van der Waals surface area contributed by atoms with Crippen molar-refractivity contribution in [1.82, 2.24) is 25.2 Å². The predicted molar refractivity (Wildman–Crippen MR) is 132 cm³/mol. The van der Waals surface area contributed by atoms with Crippen LogP contribution in [0.1, 0.15) is 81.3 Å². The number of nitrogens with one attached hydrogen (secondary N) is 1. The van der Waals surface area contributed by atoms with Crippen molar-refractivity contribution in [2.75, 3.05) is 6.54 Å². The van der Waals surface area contributed by atoms with Gasteiger partial charge in [0.25, 0.3) is 0 Å². The van der Waals surface area contributed by atoms with E-state index in [1.807, 2.05) is 33.0 Å². The number of aliphatic hydroxyl groups is 1. The van der Waals surface area contributed by atoms with Crippen LogP contribution in [-0.4, -0.2) is 55.5 Å². The third-order valence-electron chi connectivity index (χ3n) is 7.28. The van der Waals surface area contributed by atoms with E-state index in [9.17, 15) is 14.7 Å². The lowest BCUT2D eigenvalue weighted by Crippen LogP contribution is -2.50. The third-order valence-corrected chi connectivity index (χ3v) is 7.83. The highest BCUT2D eigenvalue weighted by Crippen LogP contribution is 2.41. The Kier molecular flexibility index (Phi) is 6.34. The summed E-state index contributed by atoms with van der Waals surface area (Å²) in [5, 5.41) is 23.2. The number of aromatic nitrogens is 3. The molecule has 4 atom stereocenters. The fraction of sp³-hybridized carbons (Fsp3) is 0.600. The Balaban J connectivity index is 1.37. The molecule has 1 aromatic heterocycles. The van der Waals surface area contributed by atoms with E-state index in [1.54, 1.807) is 10.7 Å². The van der Waals surface area contributed by atoms with Crippen molar-refractivity contribution in [3.63, 3.8) is 0 Å². The van der Waals surface area contributed by atoms with Gasteiger partial charge in [0.15, 0.2) is 0 Å². The van der Waals surface area contributed by atoms with Gasteiger partial charge in [-0.15, -0.1) is 5.10 Å². The molecule has 0 bridgehead atoms. The van der Waals surface area contributed by atoms with E-state index in [4.69, 9.17) is 23.2 Å². The maximum Gasteiger partial charge on any atom is 0.248 e. The van der Waals surface area contributed by atoms with Gasteiger partial charge in [-0.2, -0.15) is 0 Å². The average molecular weight is 520 g/mol. The molecule has 2 heterocycles. The van der Waals surface area contributed by atoms with Crippen LogP contribution >= 0.6 is 23.2 Å². The van der Waals surface area contributed by atoms with E-state index < -0.39 is 23.6 Å². The van der Waals surface area contributed by atoms with E-state index in [1.165, 1.54) is 4.90 Å². The van der Waals surface area contributed by atoms with Crippen molar-refractivity contribution >= 4 is 35.0 Å². The van der Waals surface area contributed by atoms with E-state index in [2.05, 4.69) is 15.6 Å². The summed E-state index contributed by atoms with van der Waals surface area (Å²) in [6.07, 6.45) is 4.91. The molecule has 1 saturated heterocycles. The molecule has 10 heteroatoms. The van der Waals surface area contributed by atoms with Gasteiger partial charge < -0.3 is 15.3 Å². The lowest BCUT2D eigenvalue weighted by atomic mass is 9.85. The molecular formula is C25H31Cl2N5O3. The van der Waals surface area contributed by atoms with Crippen LogP contribution in [0.2, 0.25) is 10.0 Å². The highest BCUT2D eigenvalue weighted by Gasteiger charge is 2.46. The Hall–Kier alpha value is -2.16.